The van der Waals surface area contributed by atoms with Crippen LogP contribution in [0.4, 0.5) is 0 Å². The number of nitrogens with two attached hydrogens (primary N) is 1. The number of carbonyl (C=O) groups excluding carboxylic acids is 1. The van der Waals surface area contributed by atoms with Gasteiger partial charge in [-0.15, -0.1) is 5.10 Å². The first-order valence-electron chi connectivity index (χ1n) is 9.24. The molecular formula is C19H23N5O2. The van der Waals surface area contributed by atoms with Crippen molar-refractivity contribution < 1.29 is 9.53 Å². The number of aromatic nitrogens is 3. The second-order valence-electron chi connectivity index (χ2n) is 8.03. The zero-order chi connectivity index (χ0) is 17.8. The van der Waals surface area contributed by atoms with Crippen molar-refractivity contribution in [2.75, 3.05) is 6.54 Å². The summed E-state index contributed by atoms with van der Waals surface area (Å²) >= 11 is 0. The predicted octanol–water partition coefficient (Wildman–Crippen LogP) is 1.24. The molecule has 4 aliphatic rings. The Bertz CT molecular complexity index is 837. The van der Waals surface area contributed by atoms with Crippen molar-refractivity contribution in [1.29, 1.82) is 0 Å². The van der Waals surface area contributed by atoms with Gasteiger partial charge in [0.05, 0.1) is 29.5 Å². The predicted molar refractivity (Wildman–Crippen MR) is 94.4 cm³/mol. The summed E-state index contributed by atoms with van der Waals surface area (Å²) in [5.74, 6) is -0.0344. The summed E-state index contributed by atoms with van der Waals surface area (Å²) in [6.45, 7) is 1.12. The Morgan fingerprint density at radius 1 is 1.35 bits per heavy atom. The molecule has 2 saturated heterocycles. The molecule has 2 aromatic rings. The van der Waals surface area contributed by atoms with E-state index in [9.17, 15) is 4.79 Å². The van der Waals surface area contributed by atoms with Gasteiger partial charge in [-0.25, -0.2) is 4.68 Å². The lowest BCUT2D eigenvalue weighted by atomic mass is 9.56. The van der Waals surface area contributed by atoms with Crippen molar-refractivity contribution in [3.8, 4) is 0 Å². The van der Waals surface area contributed by atoms with Gasteiger partial charge in [0.25, 0.3) is 5.91 Å². The van der Waals surface area contributed by atoms with Crippen LogP contribution in [0.2, 0.25) is 0 Å². The van der Waals surface area contributed by atoms with E-state index in [-0.39, 0.29) is 22.6 Å². The molecule has 1 aromatic carbocycles. The van der Waals surface area contributed by atoms with Gasteiger partial charge in [0.1, 0.15) is 0 Å². The minimum absolute atomic E-state index is 0.0344. The Morgan fingerprint density at radius 2 is 2.19 bits per heavy atom. The average Bonchev–Trinajstić information content (AvgIpc) is 3.25. The molecule has 3 N–H and O–H groups in total. The quantitative estimate of drug-likeness (QED) is 0.843. The van der Waals surface area contributed by atoms with E-state index >= 15 is 0 Å². The maximum absolute atomic E-state index is 13.0. The van der Waals surface area contributed by atoms with Crippen LogP contribution >= 0.6 is 0 Å². The first kappa shape index (κ1) is 16.0. The molecule has 1 aromatic heterocycles. The monoisotopic (exact) mass is 353 g/mol. The van der Waals surface area contributed by atoms with Gasteiger partial charge in [0.15, 0.2) is 0 Å². The molecule has 2 bridgehead atoms. The number of carbonyl (C=O) groups is 1. The minimum atomic E-state index is -0.246. The Kier molecular flexibility index (Phi) is 3.30. The van der Waals surface area contributed by atoms with Crippen molar-refractivity contribution in [2.24, 2.45) is 5.73 Å². The first-order valence-corrected chi connectivity index (χ1v) is 9.24. The Hall–Kier alpha value is -2.25. The van der Waals surface area contributed by atoms with Crippen LogP contribution in [-0.2, 0) is 11.3 Å². The highest BCUT2D eigenvalue weighted by molar-refractivity contribution is 5.95. The van der Waals surface area contributed by atoms with Gasteiger partial charge in [-0.05, 0) is 37.0 Å². The van der Waals surface area contributed by atoms with Crippen LogP contribution < -0.4 is 11.1 Å². The standard InChI is InChI=1S/C19H23N5O2/c20-13-17-11-18(12-17,19(26-17)5-2-6-19)22-16(25)15-4-1-3-14(9-15)10-24-8-7-21-23-24/h1,3-4,7-9H,2,5-6,10-13,20H2,(H,22,25). The molecule has 0 atom stereocenters. The highest BCUT2D eigenvalue weighted by Gasteiger charge is 2.76. The van der Waals surface area contributed by atoms with E-state index in [2.05, 4.69) is 15.6 Å². The zero-order valence-corrected chi connectivity index (χ0v) is 14.6. The van der Waals surface area contributed by atoms with Crippen LogP contribution in [0.1, 0.15) is 48.0 Å². The van der Waals surface area contributed by atoms with Crippen molar-refractivity contribution in [3.05, 3.63) is 47.8 Å². The smallest absolute Gasteiger partial charge is 0.251 e. The summed E-state index contributed by atoms with van der Waals surface area (Å²) < 4.78 is 8.11. The first-order chi connectivity index (χ1) is 12.6. The number of ether oxygens (including phenoxy) is 1. The molecule has 0 radical (unpaired) electrons. The summed E-state index contributed by atoms with van der Waals surface area (Å²) in [5, 5.41) is 11.1. The molecule has 4 fully saturated rings. The normalized spacial score (nSPS) is 30.7. The van der Waals surface area contributed by atoms with Crippen molar-refractivity contribution >= 4 is 5.91 Å². The number of nitrogens with zero attached hydrogens (tertiary/aromatic N) is 3. The van der Waals surface area contributed by atoms with Gasteiger partial charge in [0.2, 0.25) is 0 Å². The van der Waals surface area contributed by atoms with Crippen LogP contribution in [-0.4, -0.2) is 44.2 Å². The van der Waals surface area contributed by atoms with Crippen molar-refractivity contribution in [2.45, 2.75) is 55.4 Å². The van der Waals surface area contributed by atoms with Crippen LogP contribution in [0.25, 0.3) is 0 Å². The highest BCUT2D eigenvalue weighted by atomic mass is 16.5. The second kappa shape index (κ2) is 5.37. The van der Waals surface area contributed by atoms with Crippen LogP contribution in [0, 0.1) is 0 Å². The lowest BCUT2D eigenvalue weighted by Gasteiger charge is -2.51. The van der Waals surface area contributed by atoms with Crippen molar-refractivity contribution in [3.63, 3.8) is 0 Å². The summed E-state index contributed by atoms with van der Waals surface area (Å²) in [5.41, 5.74) is 6.97. The van der Waals surface area contributed by atoms with Crippen LogP contribution in [0.3, 0.4) is 0 Å². The third kappa shape index (κ3) is 2.17. The molecule has 2 aliphatic carbocycles. The summed E-state index contributed by atoms with van der Waals surface area (Å²) in [6.07, 6.45) is 8.31. The number of benzene rings is 1. The Labute approximate surface area is 151 Å². The summed E-state index contributed by atoms with van der Waals surface area (Å²) in [4.78, 5) is 13.0. The zero-order valence-electron chi connectivity index (χ0n) is 14.6. The van der Waals surface area contributed by atoms with Crippen LogP contribution in [0.15, 0.2) is 36.7 Å². The molecule has 2 saturated carbocycles. The molecule has 2 aliphatic heterocycles. The second-order valence-corrected chi connectivity index (χ2v) is 8.03. The molecular weight excluding hydrogens is 330 g/mol. The molecule has 1 spiro atoms. The fourth-order valence-electron chi connectivity index (χ4n) is 5.03. The Morgan fingerprint density at radius 3 is 2.85 bits per heavy atom. The molecule has 3 heterocycles. The molecule has 1 amide bonds. The molecule has 6 rings (SSSR count). The fourth-order valence-corrected chi connectivity index (χ4v) is 5.03. The maximum atomic E-state index is 13.0. The minimum Gasteiger partial charge on any atom is -0.365 e. The molecule has 7 nitrogen and oxygen atoms in total. The number of nitrogens with one attached hydrogen (secondary N) is 1. The van der Waals surface area contributed by atoms with Gasteiger partial charge >= 0.3 is 0 Å². The number of amides is 1. The average molecular weight is 353 g/mol. The third-order valence-electron chi connectivity index (χ3n) is 6.42. The number of hydrogen-bond donors (Lipinski definition) is 2. The van der Waals surface area contributed by atoms with E-state index in [1.807, 2.05) is 30.5 Å². The van der Waals surface area contributed by atoms with Gasteiger partial charge in [-0.1, -0.05) is 17.3 Å². The van der Waals surface area contributed by atoms with E-state index in [0.29, 0.717) is 18.7 Å². The molecule has 26 heavy (non-hydrogen) atoms. The molecule has 7 heteroatoms. The molecule has 0 unspecified atom stereocenters. The van der Waals surface area contributed by atoms with Gasteiger partial charge in [-0.2, -0.15) is 0 Å². The van der Waals surface area contributed by atoms with E-state index < -0.39 is 0 Å². The third-order valence-corrected chi connectivity index (χ3v) is 6.42. The van der Waals surface area contributed by atoms with Gasteiger partial charge in [0, 0.05) is 31.1 Å². The maximum Gasteiger partial charge on any atom is 0.251 e. The largest absolute Gasteiger partial charge is 0.365 e. The topological polar surface area (TPSA) is 95.1 Å². The number of rotatable bonds is 5. The number of hydrogen-bond acceptors (Lipinski definition) is 5. The van der Waals surface area contributed by atoms with E-state index in [1.54, 1.807) is 10.9 Å². The lowest BCUT2D eigenvalue weighted by Crippen LogP contribution is -2.68. The highest BCUT2D eigenvalue weighted by Crippen LogP contribution is 2.66. The van der Waals surface area contributed by atoms with E-state index in [1.165, 1.54) is 0 Å². The van der Waals surface area contributed by atoms with Crippen molar-refractivity contribution in [1.82, 2.24) is 20.3 Å². The van der Waals surface area contributed by atoms with E-state index in [0.717, 1.165) is 37.7 Å². The summed E-state index contributed by atoms with van der Waals surface area (Å²) in [6, 6.07) is 7.68. The van der Waals surface area contributed by atoms with Gasteiger partial charge in [-0.3, -0.25) is 4.79 Å². The summed E-state index contributed by atoms with van der Waals surface area (Å²) in [7, 11) is 0. The van der Waals surface area contributed by atoms with Crippen LogP contribution in [0.5, 0.6) is 0 Å². The van der Waals surface area contributed by atoms with Gasteiger partial charge < -0.3 is 15.8 Å². The lowest BCUT2D eigenvalue weighted by molar-refractivity contribution is -0.105. The fraction of sp³-hybridized carbons (Fsp3) is 0.526. The van der Waals surface area contributed by atoms with E-state index in [4.69, 9.17) is 10.5 Å². The molecule has 136 valence electrons. The SMILES string of the molecule is NCC12CC(NC(=O)c3cccc(Cn4ccnn4)c3)(C1)C1(CCC1)O2. The Balaban J connectivity index is 1.35.